The zero-order chi connectivity index (χ0) is 75.6. The number of esters is 4. The van der Waals surface area contributed by atoms with Crippen molar-refractivity contribution in [2.75, 3.05) is 39.6 Å². The largest absolute Gasteiger partial charge is 0.472 e. The van der Waals surface area contributed by atoms with Gasteiger partial charge in [0.15, 0.2) is 12.2 Å². The second-order valence-electron chi connectivity index (χ2n) is 31.2. The molecule has 0 aromatic rings. The van der Waals surface area contributed by atoms with Crippen LogP contribution in [0.5, 0.6) is 0 Å². The maximum atomic E-state index is 13.1. The van der Waals surface area contributed by atoms with Gasteiger partial charge in [0.1, 0.15) is 19.3 Å². The van der Waals surface area contributed by atoms with Crippen molar-refractivity contribution in [1.29, 1.82) is 0 Å². The van der Waals surface area contributed by atoms with Gasteiger partial charge in [-0.25, -0.2) is 9.13 Å². The number of hydrogen-bond acceptors (Lipinski definition) is 15. The summed E-state index contributed by atoms with van der Waals surface area (Å²) in [4.78, 5) is 73.1. The maximum Gasteiger partial charge on any atom is 0.472 e. The summed E-state index contributed by atoms with van der Waals surface area (Å²) >= 11 is 0. The van der Waals surface area contributed by atoms with Crippen molar-refractivity contribution in [2.24, 2.45) is 11.8 Å². The summed E-state index contributed by atoms with van der Waals surface area (Å²) in [6, 6.07) is 0. The fourth-order valence-corrected chi connectivity index (χ4v) is 14.6. The topological polar surface area (TPSA) is 237 Å². The summed E-state index contributed by atoms with van der Waals surface area (Å²) in [6.45, 7) is 9.64. The van der Waals surface area contributed by atoms with E-state index in [1.807, 2.05) is 0 Å². The Morgan fingerprint density at radius 1 is 0.262 bits per heavy atom. The second kappa shape index (κ2) is 75.5. The van der Waals surface area contributed by atoms with Gasteiger partial charge in [-0.2, -0.15) is 0 Å². The van der Waals surface area contributed by atoms with E-state index in [0.717, 1.165) is 102 Å². The van der Waals surface area contributed by atoms with Crippen molar-refractivity contribution in [3.8, 4) is 0 Å². The molecule has 3 N–H and O–H groups in total. The van der Waals surface area contributed by atoms with E-state index in [1.165, 1.54) is 257 Å². The normalized spacial score (nSPS) is 13.9. The summed E-state index contributed by atoms with van der Waals surface area (Å²) in [5.41, 5.74) is 0. The molecule has 0 bridgehead atoms. The lowest BCUT2D eigenvalue weighted by Crippen LogP contribution is -2.30. The van der Waals surface area contributed by atoms with Gasteiger partial charge in [-0.15, -0.1) is 0 Å². The highest BCUT2D eigenvalue weighted by atomic mass is 31.2. The summed E-state index contributed by atoms with van der Waals surface area (Å²) in [5, 5.41) is 10.7. The Labute approximate surface area is 632 Å². The molecule has 0 saturated heterocycles. The number of ether oxygens (including phenoxy) is 4. The van der Waals surface area contributed by atoms with Crippen molar-refractivity contribution in [3.05, 3.63) is 0 Å². The van der Waals surface area contributed by atoms with E-state index in [2.05, 4.69) is 41.5 Å². The van der Waals surface area contributed by atoms with Gasteiger partial charge < -0.3 is 33.8 Å². The van der Waals surface area contributed by atoms with Gasteiger partial charge in [-0.1, -0.05) is 395 Å². The van der Waals surface area contributed by atoms with Crippen LogP contribution in [0.4, 0.5) is 0 Å². The van der Waals surface area contributed by atoms with Crippen LogP contribution in [0.3, 0.4) is 0 Å². The Balaban J connectivity index is 5.23. The zero-order valence-corrected chi connectivity index (χ0v) is 69.4. The summed E-state index contributed by atoms with van der Waals surface area (Å²) in [5.74, 6) is -0.590. The van der Waals surface area contributed by atoms with Gasteiger partial charge in [-0.3, -0.25) is 37.3 Å². The van der Waals surface area contributed by atoms with Crippen LogP contribution in [0.15, 0.2) is 0 Å². The van der Waals surface area contributed by atoms with Gasteiger partial charge >= 0.3 is 39.5 Å². The molecule has 19 heteroatoms. The van der Waals surface area contributed by atoms with E-state index >= 15 is 0 Å². The van der Waals surface area contributed by atoms with Crippen LogP contribution in [0.25, 0.3) is 0 Å². The van der Waals surface area contributed by atoms with Crippen molar-refractivity contribution >= 4 is 39.5 Å². The molecule has 612 valence electrons. The van der Waals surface area contributed by atoms with E-state index in [-0.39, 0.29) is 25.7 Å². The van der Waals surface area contributed by atoms with Crippen molar-refractivity contribution in [2.45, 2.75) is 464 Å². The van der Waals surface area contributed by atoms with Gasteiger partial charge in [-0.05, 0) is 37.5 Å². The van der Waals surface area contributed by atoms with Gasteiger partial charge in [0.25, 0.3) is 0 Å². The van der Waals surface area contributed by atoms with E-state index in [9.17, 15) is 43.2 Å². The third kappa shape index (κ3) is 78.0. The number of hydrogen-bond donors (Lipinski definition) is 3. The third-order valence-electron chi connectivity index (χ3n) is 19.7. The van der Waals surface area contributed by atoms with Crippen LogP contribution >= 0.6 is 15.6 Å². The summed E-state index contributed by atoms with van der Waals surface area (Å²) in [6.07, 6.45) is 66.7. The maximum absolute atomic E-state index is 13.1. The molecular weight excluding hydrogens is 1340 g/mol. The Bertz CT molecular complexity index is 1980. The Morgan fingerprint density at radius 2 is 0.447 bits per heavy atom. The predicted octanol–water partition coefficient (Wildman–Crippen LogP) is 25.5. The quantitative estimate of drug-likeness (QED) is 0.0222. The summed E-state index contributed by atoms with van der Waals surface area (Å²) in [7, 11) is -9.92. The Hall–Kier alpha value is -1.94. The molecule has 103 heavy (non-hydrogen) atoms. The number of aliphatic hydroxyl groups is 1. The van der Waals surface area contributed by atoms with Crippen LogP contribution in [0.2, 0.25) is 0 Å². The van der Waals surface area contributed by atoms with Crippen LogP contribution in [-0.2, 0) is 65.4 Å². The molecule has 0 fully saturated rings. The number of phosphoric acid groups is 2. The van der Waals surface area contributed by atoms with E-state index in [1.54, 1.807) is 0 Å². The fraction of sp³-hybridized carbons (Fsp3) is 0.952. The second-order valence-corrected chi connectivity index (χ2v) is 34.1. The number of carbonyl (C=O) groups excluding carboxylic acids is 4. The van der Waals surface area contributed by atoms with E-state index in [4.69, 9.17) is 37.0 Å². The van der Waals surface area contributed by atoms with Gasteiger partial charge in [0, 0.05) is 25.7 Å². The molecule has 0 aliphatic rings. The van der Waals surface area contributed by atoms with Gasteiger partial charge in [0.05, 0.1) is 26.4 Å². The molecule has 0 heterocycles. The van der Waals surface area contributed by atoms with Crippen LogP contribution in [0, 0.1) is 11.8 Å². The molecule has 17 nitrogen and oxygen atoms in total. The van der Waals surface area contributed by atoms with E-state index in [0.29, 0.717) is 31.6 Å². The first-order valence-electron chi connectivity index (χ1n) is 43.5. The SMILES string of the molecule is CCCCCCCCCCCCCCCCCCCC(=O)OC[C@H](COP(=O)(O)OC[C@@H](O)COP(=O)(O)OC[C@@H](COC(=O)CCCCCCCCCC(C)C)OC(=O)CCCCCCCCCCCCCCCCCCC)OC(=O)CCCCCCCCCCCCCCCCCCC(C)C. The Kier molecular flexibility index (Phi) is 74.1. The number of unbranched alkanes of at least 4 members (excludes halogenated alkanes) is 53. The van der Waals surface area contributed by atoms with Crippen molar-refractivity contribution in [1.82, 2.24) is 0 Å². The van der Waals surface area contributed by atoms with Crippen molar-refractivity contribution < 1.29 is 80.2 Å². The van der Waals surface area contributed by atoms with Crippen LogP contribution in [-0.4, -0.2) is 96.7 Å². The van der Waals surface area contributed by atoms with Crippen molar-refractivity contribution in [3.63, 3.8) is 0 Å². The molecule has 0 amide bonds. The average Bonchev–Trinajstić information content (AvgIpc) is 0.911. The number of aliphatic hydroxyl groups excluding tert-OH is 1. The molecule has 0 rings (SSSR count). The molecule has 5 atom stereocenters. The molecule has 0 aliphatic carbocycles. The lowest BCUT2D eigenvalue weighted by atomic mass is 10.0. The molecule has 0 radical (unpaired) electrons. The predicted molar refractivity (Wildman–Crippen MR) is 423 cm³/mol. The first-order chi connectivity index (χ1) is 49.9. The molecule has 0 aliphatic heterocycles. The highest BCUT2D eigenvalue weighted by molar-refractivity contribution is 7.47. The minimum Gasteiger partial charge on any atom is -0.462 e. The lowest BCUT2D eigenvalue weighted by Gasteiger charge is -2.21. The third-order valence-corrected chi connectivity index (χ3v) is 21.6. The first kappa shape index (κ1) is 101. The Morgan fingerprint density at radius 3 is 0.660 bits per heavy atom. The fourth-order valence-electron chi connectivity index (χ4n) is 13.1. The number of carbonyl (C=O) groups is 4. The number of phosphoric ester groups is 2. The number of rotatable bonds is 83. The van der Waals surface area contributed by atoms with Crippen LogP contribution in [0.1, 0.15) is 446 Å². The molecule has 0 aromatic heterocycles. The standard InChI is InChI=1S/C84H164O17P2/c1-7-9-11-13-15-17-19-21-23-25-30-34-38-42-48-54-60-66-81(86)94-72-79(100-83(88)68-63-57-50-44-40-36-32-28-27-29-33-37-41-46-52-58-64-76(3)4)74-98-102(90,91)96-70-78(85)71-97-103(92,93)99-75-80(73-95-82(87)67-61-55-51-45-47-53-59-65-77(5)6)101-84(89)69-62-56-49-43-39-35-31-26-24-22-20-18-16-14-12-10-8-2/h76-80,85H,7-75H2,1-6H3,(H,90,91)(H,92,93)/t78-,79-,80-/m1/s1. The van der Waals surface area contributed by atoms with Crippen LogP contribution < -0.4 is 0 Å². The minimum atomic E-state index is -4.96. The molecule has 0 saturated carbocycles. The molecular formula is C84H164O17P2. The summed E-state index contributed by atoms with van der Waals surface area (Å²) < 4.78 is 68.8. The smallest absolute Gasteiger partial charge is 0.462 e. The molecule has 0 aromatic carbocycles. The van der Waals surface area contributed by atoms with Gasteiger partial charge in [0.2, 0.25) is 0 Å². The highest BCUT2D eigenvalue weighted by Crippen LogP contribution is 2.45. The first-order valence-corrected chi connectivity index (χ1v) is 46.5. The zero-order valence-electron chi connectivity index (χ0n) is 67.6. The minimum absolute atomic E-state index is 0.108. The average molecular weight is 1510 g/mol. The van der Waals surface area contributed by atoms with E-state index < -0.39 is 97.5 Å². The molecule has 2 unspecified atom stereocenters. The monoisotopic (exact) mass is 1510 g/mol. The molecule has 0 spiro atoms. The highest BCUT2D eigenvalue weighted by Gasteiger charge is 2.30. The lowest BCUT2D eigenvalue weighted by molar-refractivity contribution is -0.161.